The van der Waals surface area contributed by atoms with Crippen LogP contribution in [0.4, 0.5) is 5.69 Å². The first-order valence-corrected chi connectivity index (χ1v) is 10.4. The number of nitrogens with one attached hydrogen (secondary N) is 1. The number of hydrogen-bond donors (Lipinski definition) is 1. The fraction of sp³-hybridized carbons (Fsp3) is 0.304. The minimum atomic E-state index is -0.570. The predicted octanol–water partition coefficient (Wildman–Crippen LogP) is 4.27. The highest BCUT2D eigenvalue weighted by molar-refractivity contribution is 6.32. The molecule has 0 aromatic heterocycles. The van der Waals surface area contributed by atoms with Gasteiger partial charge in [0.05, 0.1) is 19.1 Å². The van der Waals surface area contributed by atoms with Crippen molar-refractivity contribution in [3.63, 3.8) is 0 Å². The van der Waals surface area contributed by atoms with Crippen molar-refractivity contribution in [2.75, 3.05) is 14.2 Å². The number of allylic oxidation sites excluding steroid dienone is 2. The molecular weight excluding hydrogens is 436 g/mol. The van der Waals surface area contributed by atoms with Gasteiger partial charge in [-0.3, -0.25) is 19.7 Å². The summed E-state index contributed by atoms with van der Waals surface area (Å²) >= 11 is 5.94. The molecular formula is C23H21ClN2O6. The van der Waals surface area contributed by atoms with Crippen LogP contribution in [0.15, 0.2) is 47.7 Å². The van der Waals surface area contributed by atoms with Crippen molar-refractivity contribution >= 4 is 29.0 Å². The van der Waals surface area contributed by atoms with E-state index < -0.39 is 10.8 Å². The average Bonchev–Trinajstić information content (AvgIpc) is 2.77. The molecule has 0 spiro atoms. The molecule has 1 aliphatic carbocycles. The Hall–Kier alpha value is -3.39. The minimum absolute atomic E-state index is 0.0108. The van der Waals surface area contributed by atoms with Crippen LogP contribution in [-0.4, -0.2) is 30.8 Å². The number of carbonyl (C=O) groups excluding carboxylic acids is 2. The third-order valence-corrected chi connectivity index (χ3v) is 6.30. The lowest BCUT2D eigenvalue weighted by molar-refractivity contribution is -0.384. The molecule has 9 heteroatoms. The van der Waals surface area contributed by atoms with Gasteiger partial charge in [0.25, 0.3) is 5.69 Å². The number of rotatable bonds is 5. The quantitative estimate of drug-likeness (QED) is 0.531. The van der Waals surface area contributed by atoms with Crippen LogP contribution in [0.25, 0.3) is 0 Å². The highest BCUT2D eigenvalue weighted by atomic mass is 35.5. The van der Waals surface area contributed by atoms with E-state index in [2.05, 4.69) is 5.32 Å². The Bertz CT molecular complexity index is 1160. The number of amides is 1. The maximum atomic E-state index is 13.2. The molecule has 0 saturated heterocycles. The molecule has 2 atom stereocenters. The predicted molar refractivity (Wildman–Crippen MR) is 117 cm³/mol. The molecule has 2 aliphatic rings. The fourth-order valence-electron chi connectivity index (χ4n) is 4.47. The van der Waals surface area contributed by atoms with E-state index in [1.807, 2.05) is 12.1 Å². The number of carbonyl (C=O) groups is 2. The van der Waals surface area contributed by atoms with Crippen LogP contribution in [0.2, 0.25) is 5.02 Å². The zero-order valence-corrected chi connectivity index (χ0v) is 18.3. The van der Waals surface area contributed by atoms with Crippen LogP contribution < -0.4 is 14.8 Å². The van der Waals surface area contributed by atoms with Crippen LogP contribution in [0.1, 0.15) is 42.2 Å². The summed E-state index contributed by atoms with van der Waals surface area (Å²) in [6, 6.07) is 9.93. The first-order chi connectivity index (χ1) is 15.3. The standard InChI is InChI=1S/C23H21ClN2O6/c1-31-20-6-4-12(10-21(20)32-2)14-7-17-23(19(27)9-14)15(11-22(28)25-17)13-3-5-16(24)18(8-13)26(29)30/h3-6,8,10,14-15H,7,9,11H2,1-2H3,(H,25,28)/t14-,15+/m0/s1. The SMILES string of the molecule is COc1ccc([C@@H]2CC(=O)C3=C(C2)NC(=O)C[C@@H]3c2ccc(Cl)c([N+](=O)[O-])c2)cc1OC. The summed E-state index contributed by atoms with van der Waals surface area (Å²) in [7, 11) is 3.10. The van der Waals surface area contributed by atoms with Gasteiger partial charge in [-0.1, -0.05) is 23.7 Å². The van der Waals surface area contributed by atoms with E-state index in [9.17, 15) is 19.7 Å². The lowest BCUT2D eigenvalue weighted by Gasteiger charge is -2.34. The van der Waals surface area contributed by atoms with Gasteiger partial charge in [0.2, 0.25) is 5.91 Å². The van der Waals surface area contributed by atoms with Gasteiger partial charge in [0, 0.05) is 36.1 Å². The van der Waals surface area contributed by atoms with Crippen molar-refractivity contribution in [1.82, 2.24) is 5.32 Å². The smallest absolute Gasteiger partial charge is 0.288 e. The fourth-order valence-corrected chi connectivity index (χ4v) is 4.66. The van der Waals surface area contributed by atoms with Crippen LogP contribution in [0, 0.1) is 10.1 Å². The molecule has 0 saturated carbocycles. The van der Waals surface area contributed by atoms with Crippen molar-refractivity contribution in [1.29, 1.82) is 0 Å². The molecule has 2 aromatic rings. The highest BCUT2D eigenvalue weighted by Gasteiger charge is 2.39. The topological polar surface area (TPSA) is 108 Å². The average molecular weight is 457 g/mol. The molecule has 1 N–H and O–H groups in total. The maximum absolute atomic E-state index is 13.2. The van der Waals surface area contributed by atoms with Gasteiger partial charge in [-0.15, -0.1) is 0 Å². The Morgan fingerprint density at radius 2 is 1.72 bits per heavy atom. The number of benzene rings is 2. The summed E-state index contributed by atoms with van der Waals surface area (Å²) in [5.41, 5.74) is 2.27. The summed E-state index contributed by atoms with van der Waals surface area (Å²) in [5, 5.41) is 14.2. The second-order valence-electron chi connectivity index (χ2n) is 7.81. The third-order valence-electron chi connectivity index (χ3n) is 5.98. The second-order valence-corrected chi connectivity index (χ2v) is 8.22. The van der Waals surface area contributed by atoms with Crippen molar-refractivity contribution < 1.29 is 24.0 Å². The van der Waals surface area contributed by atoms with Gasteiger partial charge in [0.1, 0.15) is 5.02 Å². The summed E-state index contributed by atoms with van der Waals surface area (Å²) in [6.45, 7) is 0. The third kappa shape index (κ3) is 3.93. The van der Waals surface area contributed by atoms with Crippen LogP contribution in [0.3, 0.4) is 0 Å². The summed E-state index contributed by atoms with van der Waals surface area (Å²) in [4.78, 5) is 36.4. The number of nitro groups is 1. The van der Waals surface area contributed by atoms with Crippen molar-refractivity contribution in [3.05, 3.63) is 73.9 Å². The molecule has 1 amide bonds. The van der Waals surface area contributed by atoms with Crippen molar-refractivity contribution in [2.24, 2.45) is 0 Å². The number of hydrogen-bond acceptors (Lipinski definition) is 6. The maximum Gasteiger partial charge on any atom is 0.288 e. The summed E-state index contributed by atoms with van der Waals surface area (Å²) < 4.78 is 10.7. The van der Waals surface area contributed by atoms with E-state index in [0.717, 1.165) is 5.56 Å². The van der Waals surface area contributed by atoms with E-state index in [1.165, 1.54) is 12.1 Å². The van der Waals surface area contributed by atoms with Crippen LogP contribution in [0.5, 0.6) is 11.5 Å². The molecule has 0 radical (unpaired) electrons. The van der Waals surface area contributed by atoms with Gasteiger partial charge in [-0.25, -0.2) is 0 Å². The number of methoxy groups -OCH3 is 2. The molecule has 1 heterocycles. The largest absolute Gasteiger partial charge is 0.493 e. The molecule has 0 fully saturated rings. The first kappa shape index (κ1) is 21.8. The molecule has 32 heavy (non-hydrogen) atoms. The zero-order valence-electron chi connectivity index (χ0n) is 17.5. The van der Waals surface area contributed by atoms with Gasteiger partial charge >= 0.3 is 0 Å². The summed E-state index contributed by atoms with van der Waals surface area (Å²) in [5.74, 6) is 0.152. The van der Waals surface area contributed by atoms with Gasteiger partial charge in [-0.2, -0.15) is 0 Å². The lowest BCUT2D eigenvalue weighted by Crippen LogP contribution is -2.38. The number of ether oxygens (including phenoxy) is 2. The molecule has 0 bridgehead atoms. The molecule has 0 unspecified atom stereocenters. The lowest BCUT2D eigenvalue weighted by atomic mass is 9.73. The Morgan fingerprint density at radius 3 is 2.41 bits per heavy atom. The van der Waals surface area contributed by atoms with Crippen molar-refractivity contribution in [3.8, 4) is 11.5 Å². The summed E-state index contributed by atoms with van der Waals surface area (Å²) in [6.07, 6.45) is 0.773. The van der Waals surface area contributed by atoms with E-state index in [4.69, 9.17) is 21.1 Å². The monoisotopic (exact) mass is 456 g/mol. The molecule has 2 aromatic carbocycles. The van der Waals surface area contributed by atoms with Crippen LogP contribution in [-0.2, 0) is 9.59 Å². The Labute approximate surface area is 189 Å². The zero-order chi connectivity index (χ0) is 23.0. The number of nitro benzene ring substituents is 1. The number of halogens is 1. The van der Waals surface area contributed by atoms with Crippen molar-refractivity contribution in [2.45, 2.75) is 31.1 Å². The van der Waals surface area contributed by atoms with Crippen LogP contribution >= 0.6 is 11.6 Å². The van der Waals surface area contributed by atoms with E-state index in [-0.39, 0.29) is 41.2 Å². The Kier molecular flexibility index (Phi) is 5.88. The first-order valence-electron chi connectivity index (χ1n) is 10.0. The number of Topliss-reactive ketones (excluding diaryl/α,β-unsaturated/α-hetero) is 1. The molecule has 166 valence electrons. The molecule has 4 rings (SSSR count). The molecule has 8 nitrogen and oxygen atoms in total. The minimum Gasteiger partial charge on any atom is -0.493 e. The van der Waals surface area contributed by atoms with Gasteiger partial charge in [0.15, 0.2) is 17.3 Å². The van der Waals surface area contributed by atoms with E-state index in [0.29, 0.717) is 34.8 Å². The van der Waals surface area contributed by atoms with E-state index >= 15 is 0 Å². The second kappa shape index (κ2) is 8.63. The number of ketones is 1. The van der Waals surface area contributed by atoms with Gasteiger partial charge < -0.3 is 14.8 Å². The van der Waals surface area contributed by atoms with Gasteiger partial charge in [-0.05, 0) is 41.7 Å². The Balaban J connectivity index is 1.71. The Morgan fingerprint density at radius 1 is 1.00 bits per heavy atom. The molecule has 1 aliphatic heterocycles. The van der Waals surface area contributed by atoms with E-state index in [1.54, 1.807) is 26.4 Å². The number of nitrogens with zero attached hydrogens (tertiary/aromatic N) is 1. The normalized spacial score (nSPS) is 20.5. The highest BCUT2D eigenvalue weighted by Crippen LogP contribution is 2.44.